The molecule has 5 heterocycles. The summed E-state index contributed by atoms with van der Waals surface area (Å²) < 4.78 is 18.6. The maximum absolute atomic E-state index is 13.3. The second kappa shape index (κ2) is 8.60. The summed E-state index contributed by atoms with van der Waals surface area (Å²) in [7, 11) is 0. The first-order valence-corrected chi connectivity index (χ1v) is 12.1. The van der Waals surface area contributed by atoms with E-state index >= 15 is 0 Å². The number of carbonyl (C=O) groups is 1. The molecular formula is C24H22N4O5S. The van der Waals surface area contributed by atoms with Crippen molar-refractivity contribution in [2.45, 2.75) is 25.8 Å². The van der Waals surface area contributed by atoms with Gasteiger partial charge in [0, 0.05) is 18.7 Å². The predicted molar refractivity (Wildman–Crippen MR) is 127 cm³/mol. The molecule has 0 radical (unpaired) electrons. The molecule has 9 nitrogen and oxygen atoms in total. The van der Waals surface area contributed by atoms with E-state index in [-0.39, 0.29) is 12.3 Å². The van der Waals surface area contributed by atoms with E-state index in [0.29, 0.717) is 51.9 Å². The number of hydrogen-bond acceptors (Lipinski definition) is 9. The van der Waals surface area contributed by atoms with Gasteiger partial charge in [0.25, 0.3) is 5.56 Å². The number of rotatable bonds is 5. The van der Waals surface area contributed by atoms with Gasteiger partial charge >= 0.3 is 0 Å². The van der Waals surface area contributed by atoms with E-state index in [4.69, 9.17) is 13.9 Å². The van der Waals surface area contributed by atoms with Crippen LogP contribution in [0.15, 0.2) is 45.8 Å². The van der Waals surface area contributed by atoms with Crippen molar-refractivity contribution < 1.29 is 18.7 Å². The highest BCUT2D eigenvalue weighted by molar-refractivity contribution is 7.22. The molecule has 174 valence electrons. The summed E-state index contributed by atoms with van der Waals surface area (Å²) in [6.07, 6.45) is 4.97. The van der Waals surface area contributed by atoms with Gasteiger partial charge in [0.1, 0.15) is 25.5 Å². The van der Waals surface area contributed by atoms with Crippen molar-refractivity contribution in [3.8, 4) is 23.0 Å². The van der Waals surface area contributed by atoms with E-state index in [9.17, 15) is 9.59 Å². The molecule has 0 bridgehead atoms. The van der Waals surface area contributed by atoms with Gasteiger partial charge in [-0.3, -0.25) is 9.59 Å². The lowest BCUT2D eigenvalue weighted by Gasteiger charge is -2.25. The van der Waals surface area contributed by atoms with Crippen molar-refractivity contribution in [2.75, 3.05) is 31.2 Å². The number of aromatic nitrogens is 3. The first kappa shape index (κ1) is 20.9. The minimum absolute atomic E-state index is 0.224. The smallest absolute Gasteiger partial charge is 0.294 e. The van der Waals surface area contributed by atoms with Crippen LogP contribution >= 0.6 is 11.3 Å². The standard InChI is InChI=1S/C24H22N4O5S/c29-16(15-6-7-17-19(13-15)33-12-11-32-17)14-28-23(30)21-22(20(26-28)18-5-4-10-31-18)34-24(25-21)27-8-2-1-3-9-27/h4-7,10,13H,1-3,8-9,11-12,14H2. The number of ketones is 1. The highest BCUT2D eigenvalue weighted by Crippen LogP contribution is 2.35. The summed E-state index contributed by atoms with van der Waals surface area (Å²) >= 11 is 1.45. The highest BCUT2D eigenvalue weighted by atomic mass is 32.1. The van der Waals surface area contributed by atoms with Crippen molar-refractivity contribution >= 4 is 32.5 Å². The molecule has 1 saturated heterocycles. The van der Waals surface area contributed by atoms with Gasteiger partial charge < -0.3 is 18.8 Å². The van der Waals surface area contributed by atoms with Crippen LogP contribution in [-0.2, 0) is 6.54 Å². The van der Waals surface area contributed by atoms with E-state index in [2.05, 4.69) is 15.0 Å². The van der Waals surface area contributed by atoms with Crippen molar-refractivity contribution in [2.24, 2.45) is 0 Å². The minimum Gasteiger partial charge on any atom is -0.486 e. The van der Waals surface area contributed by atoms with Crippen LogP contribution in [0.2, 0.25) is 0 Å². The molecule has 0 saturated carbocycles. The minimum atomic E-state index is -0.393. The lowest BCUT2D eigenvalue weighted by atomic mass is 10.1. The molecule has 0 amide bonds. The number of Topliss-reactive ketones (excluding diaryl/α,β-unsaturated/α-hetero) is 1. The van der Waals surface area contributed by atoms with E-state index in [1.54, 1.807) is 36.6 Å². The number of nitrogens with zero attached hydrogens (tertiary/aromatic N) is 4. The second-order valence-electron chi connectivity index (χ2n) is 8.29. The molecule has 4 aromatic rings. The largest absolute Gasteiger partial charge is 0.486 e. The average molecular weight is 479 g/mol. The van der Waals surface area contributed by atoms with Crippen LogP contribution in [0.3, 0.4) is 0 Å². The van der Waals surface area contributed by atoms with Crippen LogP contribution in [-0.4, -0.2) is 46.9 Å². The number of benzene rings is 1. The molecule has 3 aromatic heterocycles. The molecule has 0 spiro atoms. The molecule has 0 N–H and O–H groups in total. The number of furan rings is 1. The molecule has 10 heteroatoms. The summed E-state index contributed by atoms with van der Waals surface area (Å²) in [5, 5.41) is 5.34. The first-order chi connectivity index (χ1) is 16.7. The molecule has 1 fully saturated rings. The Bertz CT molecular complexity index is 1420. The van der Waals surface area contributed by atoms with Crippen LogP contribution in [0, 0.1) is 0 Å². The number of anilines is 1. The zero-order chi connectivity index (χ0) is 23.1. The van der Waals surface area contributed by atoms with Crippen LogP contribution in [0.4, 0.5) is 5.13 Å². The molecular weight excluding hydrogens is 456 g/mol. The fourth-order valence-corrected chi connectivity index (χ4v) is 5.39. The lowest BCUT2D eigenvalue weighted by Crippen LogP contribution is -2.29. The average Bonchev–Trinajstić information content (AvgIpc) is 3.57. The maximum atomic E-state index is 13.3. The van der Waals surface area contributed by atoms with Gasteiger partial charge in [0.05, 0.1) is 11.0 Å². The zero-order valence-corrected chi connectivity index (χ0v) is 19.2. The molecule has 0 unspecified atom stereocenters. The van der Waals surface area contributed by atoms with Crippen molar-refractivity contribution in [3.63, 3.8) is 0 Å². The molecule has 2 aliphatic rings. The summed E-state index contributed by atoms with van der Waals surface area (Å²) in [5.41, 5.74) is 0.845. The quantitative estimate of drug-likeness (QED) is 0.400. The third-order valence-electron chi connectivity index (χ3n) is 6.03. The Morgan fingerprint density at radius 3 is 2.68 bits per heavy atom. The van der Waals surface area contributed by atoms with Crippen LogP contribution in [0.1, 0.15) is 29.6 Å². The molecule has 0 aliphatic carbocycles. The fourth-order valence-electron chi connectivity index (χ4n) is 4.29. The molecule has 2 aliphatic heterocycles. The Hall–Kier alpha value is -3.66. The lowest BCUT2D eigenvalue weighted by molar-refractivity contribution is 0.0964. The van der Waals surface area contributed by atoms with Crippen LogP contribution in [0.25, 0.3) is 21.7 Å². The number of carbonyl (C=O) groups excluding carboxylic acids is 1. The topological polar surface area (TPSA) is 99.7 Å². The Labute approximate surface area is 198 Å². The van der Waals surface area contributed by atoms with Crippen molar-refractivity contribution in [1.82, 2.24) is 14.8 Å². The molecule has 1 aromatic carbocycles. The van der Waals surface area contributed by atoms with E-state index in [0.717, 1.165) is 31.1 Å². The number of ether oxygens (including phenoxy) is 2. The summed E-state index contributed by atoms with van der Waals surface area (Å²) in [5.74, 6) is 1.39. The Kier molecular flexibility index (Phi) is 5.29. The van der Waals surface area contributed by atoms with Gasteiger partial charge in [-0.2, -0.15) is 5.10 Å². The Morgan fingerprint density at radius 2 is 1.88 bits per heavy atom. The molecule has 6 rings (SSSR count). The second-order valence-corrected chi connectivity index (χ2v) is 9.27. The molecule has 34 heavy (non-hydrogen) atoms. The first-order valence-electron chi connectivity index (χ1n) is 11.3. The Balaban J connectivity index is 1.40. The van der Waals surface area contributed by atoms with Gasteiger partial charge in [-0.15, -0.1) is 0 Å². The van der Waals surface area contributed by atoms with Gasteiger partial charge in [-0.05, 0) is 49.6 Å². The van der Waals surface area contributed by atoms with E-state index < -0.39 is 5.56 Å². The number of thiazole rings is 1. The van der Waals surface area contributed by atoms with Crippen molar-refractivity contribution in [1.29, 1.82) is 0 Å². The zero-order valence-electron chi connectivity index (χ0n) is 18.4. The highest BCUT2D eigenvalue weighted by Gasteiger charge is 2.23. The van der Waals surface area contributed by atoms with Gasteiger partial charge in [-0.1, -0.05) is 11.3 Å². The van der Waals surface area contributed by atoms with Gasteiger partial charge in [0.2, 0.25) is 0 Å². The van der Waals surface area contributed by atoms with Gasteiger partial charge in [-0.25, -0.2) is 9.67 Å². The van der Waals surface area contributed by atoms with E-state index in [1.165, 1.54) is 22.4 Å². The fraction of sp³-hybridized carbons (Fsp3) is 0.333. The summed E-state index contributed by atoms with van der Waals surface area (Å²) in [4.78, 5) is 33.3. The third kappa shape index (κ3) is 3.73. The monoisotopic (exact) mass is 478 g/mol. The number of hydrogen-bond donors (Lipinski definition) is 0. The number of piperidine rings is 1. The van der Waals surface area contributed by atoms with Crippen LogP contribution in [0.5, 0.6) is 11.5 Å². The SMILES string of the molecule is O=C(Cn1nc(-c2ccco2)c2sc(N3CCCCC3)nc2c1=O)c1ccc2c(c1)OCCO2. The van der Waals surface area contributed by atoms with Gasteiger partial charge in [0.15, 0.2) is 33.7 Å². The van der Waals surface area contributed by atoms with Crippen molar-refractivity contribution in [3.05, 3.63) is 52.5 Å². The van der Waals surface area contributed by atoms with Crippen LogP contribution < -0.4 is 19.9 Å². The maximum Gasteiger partial charge on any atom is 0.294 e. The third-order valence-corrected chi connectivity index (χ3v) is 7.15. The predicted octanol–water partition coefficient (Wildman–Crippen LogP) is 3.76. The summed E-state index contributed by atoms with van der Waals surface area (Å²) in [6.45, 7) is 2.51. The number of fused-ring (bicyclic) bond motifs is 2. The van der Waals surface area contributed by atoms with E-state index in [1.807, 2.05) is 0 Å². The normalized spacial score (nSPS) is 15.6. The Morgan fingerprint density at radius 1 is 1.06 bits per heavy atom. The molecule has 0 atom stereocenters. The summed E-state index contributed by atoms with van der Waals surface area (Å²) in [6, 6.07) is 8.58.